The first-order valence-corrected chi connectivity index (χ1v) is 7.12. The number of ether oxygens (including phenoxy) is 1. The number of hydrogen-bond acceptors (Lipinski definition) is 5. The molecule has 0 radical (unpaired) electrons. The number of benzene rings is 2. The lowest BCUT2D eigenvalue weighted by Crippen LogP contribution is -2.23. The summed E-state index contributed by atoms with van der Waals surface area (Å²) in [6.45, 7) is -0.0598. The van der Waals surface area contributed by atoms with E-state index in [9.17, 15) is 14.9 Å². The molecule has 0 bridgehead atoms. The Labute approximate surface area is 142 Å². The van der Waals surface area contributed by atoms with Gasteiger partial charge in [-0.1, -0.05) is 11.6 Å². The molecule has 0 aromatic heterocycles. The Bertz CT molecular complexity index is 846. The Hall–Kier alpha value is -3.11. The number of nitro benzene ring substituents is 1. The molecule has 0 aliphatic heterocycles. The number of nitrogens with zero attached hydrogens (tertiary/aromatic N) is 2. The molecule has 24 heavy (non-hydrogen) atoms. The molecular formula is C16H12ClN3O4. The van der Waals surface area contributed by atoms with Gasteiger partial charge >= 0.3 is 0 Å². The summed E-state index contributed by atoms with van der Waals surface area (Å²) in [5, 5.41) is 22.8. The first-order chi connectivity index (χ1) is 11.4. The van der Waals surface area contributed by atoms with E-state index in [4.69, 9.17) is 21.6 Å². The largest absolute Gasteiger partial charge is 0.497 e. The van der Waals surface area contributed by atoms with Crippen molar-refractivity contribution in [2.75, 3.05) is 7.11 Å². The highest BCUT2D eigenvalue weighted by atomic mass is 35.5. The Balaban J connectivity index is 2.19. The third-order valence-electron chi connectivity index (χ3n) is 3.22. The summed E-state index contributed by atoms with van der Waals surface area (Å²) < 4.78 is 5.04. The van der Waals surface area contributed by atoms with Crippen LogP contribution < -0.4 is 10.1 Å². The van der Waals surface area contributed by atoms with Crippen LogP contribution in [-0.2, 0) is 6.54 Å². The van der Waals surface area contributed by atoms with Gasteiger partial charge in [0, 0.05) is 28.8 Å². The lowest BCUT2D eigenvalue weighted by Gasteiger charge is -2.08. The first-order valence-electron chi connectivity index (χ1n) is 6.75. The number of hydrogen-bond donors (Lipinski definition) is 1. The summed E-state index contributed by atoms with van der Waals surface area (Å²) >= 11 is 5.91. The maximum Gasteiger partial charge on any atom is 0.275 e. The predicted molar refractivity (Wildman–Crippen MR) is 87.0 cm³/mol. The minimum atomic E-state index is -0.593. The summed E-state index contributed by atoms with van der Waals surface area (Å²) in [5.41, 5.74) is 0.520. The van der Waals surface area contributed by atoms with Crippen molar-refractivity contribution in [1.29, 1.82) is 5.26 Å². The molecule has 1 N–H and O–H groups in total. The van der Waals surface area contributed by atoms with Gasteiger partial charge in [-0.15, -0.1) is 0 Å². The maximum absolute atomic E-state index is 12.2. The molecule has 0 atom stereocenters. The molecular weight excluding hydrogens is 334 g/mol. The number of methoxy groups -OCH3 is 1. The zero-order valence-corrected chi connectivity index (χ0v) is 13.3. The van der Waals surface area contributed by atoms with E-state index in [0.29, 0.717) is 16.3 Å². The van der Waals surface area contributed by atoms with Gasteiger partial charge in [-0.3, -0.25) is 14.9 Å². The summed E-state index contributed by atoms with van der Waals surface area (Å²) in [6, 6.07) is 10.4. The van der Waals surface area contributed by atoms with E-state index >= 15 is 0 Å². The van der Waals surface area contributed by atoms with Crippen molar-refractivity contribution in [3.05, 3.63) is 68.2 Å². The molecule has 122 valence electrons. The maximum atomic E-state index is 12.2. The van der Waals surface area contributed by atoms with Gasteiger partial charge in [-0.25, -0.2) is 0 Å². The number of rotatable bonds is 5. The van der Waals surface area contributed by atoms with Crippen LogP contribution in [0.1, 0.15) is 21.5 Å². The molecule has 1 amide bonds. The normalized spacial score (nSPS) is 9.88. The summed E-state index contributed by atoms with van der Waals surface area (Å²) in [5.74, 6) is -0.0218. The van der Waals surface area contributed by atoms with Crippen LogP contribution >= 0.6 is 11.6 Å². The number of nitriles is 1. The van der Waals surface area contributed by atoms with Crippen molar-refractivity contribution in [3.8, 4) is 11.8 Å². The van der Waals surface area contributed by atoms with Crippen molar-refractivity contribution in [1.82, 2.24) is 5.32 Å². The van der Waals surface area contributed by atoms with Gasteiger partial charge in [0.25, 0.3) is 11.6 Å². The standard InChI is InChI=1S/C16H12ClN3O4/c1-24-14-6-12(5-13(17)7-14)16(21)19-9-11-3-2-10(8-18)4-15(11)20(22)23/h2-7H,9H2,1H3,(H,19,21). The van der Waals surface area contributed by atoms with Gasteiger partial charge in [-0.05, 0) is 30.3 Å². The van der Waals surface area contributed by atoms with E-state index < -0.39 is 10.8 Å². The number of carbonyl (C=O) groups is 1. The zero-order chi connectivity index (χ0) is 17.7. The third kappa shape index (κ3) is 4.00. The Morgan fingerprint density at radius 1 is 1.38 bits per heavy atom. The Kier molecular flexibility index (Phi) is 5.35. The SMILES string of the molecule is COc1cc(Cl)cc(C(=O)NCc2ccc(C#N)cc2[N+](=O)[O-])c1. The summed E-state index contributed by atoms with van der Waals surface area (Å²) in [6.07, 6.45) is 0. The van der Waals surface area contributed by atoms with Crippen molar-refractivity contribution in [3.63, 3.8) is 0 Å². The fraction of sp³-hybridized carbons (Fsp3) is 0.125. The van der Waals surface area contributed by atoms with Gasteiger partial charge in [0.15, 0.2) is 0 Å². The minimum Gasteiger partial charge on any atom is -0.497 e. The fourth-order valence-electron chi connectivity index (χ4n) is 2.04. The van der Waals surface area contributed by atoms with E-state index in [-0.39, 0.29) is 23.4 Å². The first kappa shape index (κ1) is 17.2. The molecule has 0 fully saturated rings. The molecule has 8 heteroatoms. The highest BCUT2D eigenvalue weighted by Gasteiger charge is 2.16. The van der Waals surface area contributed by atoms with E-state index in [0.717, 1.165) is 0 Å². The molecule has 2 aromatic rings. The highest BCUT2D eigenvalue weighted by molar-refractivity contribution is 6.31. The smallest absolute Gasteiger partial charge is 0.275 e. The van der Waals surface area contributed by atoms with Crippen LogP contribution in [0.4, 0.5) is 5.69 Å². The van der Waals surface area contributed by atoms with Gasteiger partial charge < -0.3 is 10.1 Å². The number of amides is 1. The lowest BCUT2D eigenvalue weighted by molar-refractivity contribution is -0.385. The average Bonchev–Trinajstić information content (AvgIpc) is 2.58. The van der Waals surface area contributed by atoms with Crippen LogP contribution in [0.25, 0.3) is 0 Å². The van der Waals surface area contributed by atoms with Gasteiger partial charge in [0.2, 0.25) is 0 Å². The third-order valence-corrected chi connectivity index (χ3v) is 3.44. The van der Waals surface area contributed by atoms with Crippen molar-refractivity contribution in [2.45, 2.75) is 6.54 Å². The molecule has 0 spiro atoms. The van der Waals surface area contributed by atoms with Gasteiger partial charge in [0.05, 0.1) is 23.7 Å². The Morgan fingerprint density at radius 2 is 2.12 bits per heavy atom. The van der Waals surface area contributed by atoms with Crippen LogP contribution in [0.15, 0.2) is 36.4 Å². The molecule has 0 saturated heterocycles. The number of halogens is 1. The number of nitro groups is 1. The Morgan fingerprint density at radius 3 is 2.75 bits per heavy atom. The molecule has 2 aromatic carbocycles. The molecule has 0 aliphatic rings. The van der Waals surface area contributed by atoms with Crippen molar-refractivity contribution < 1.29 is 14.5 Å². The zero-order valence-electron chi connectivity index (χ0n) is 12.6. The molecule has 0 unspecified atom stereocenters. The van der Waals surface area contributed by atoms with Crippen LogP contribution in [-0.4, -0.2) is 17.9 Å². The minimum absolute atomic E-state index is 0.0598. The number of nitrogens with one attached hydrogen (secondary N) is 1. The van der Waals surface area contributed by atoms with Gasteiger partial charge in [-0.2, -0.15) is 5.26 Å². The summed E-state index contributed by atoms with van der Waals surface area (Å²) in [7, 11) is 1.45. The van der Waals surface area contributed by atoms with Crippen LogP contribution in [0, 0.1) is 21.4 Å². The van der Waals surface area contributed by atoms with E-state index in [1.807, 2.05) is 6.07 Å². The van der Waals surface area contributed by atoms with E-state index in [2.05, 4.69) is 5.32 Å². The molecule has 0 heterocycles. The average molecular weight is 346 g/mol. The van der Waals surface area contributed by atoms with Crippen LogP contribution in [0.2, 0.25) is 5.02 Å². The molecule has 0 saturated carbocycles. The molecule has 7 nitrogen and oxygen atoms in total. The fourth-order valence-corrected chi connectivity index (χ4v) is 2.27. The lowest BCUT2D eigenvalue weighted by atomic mass is 10.1. The van der Waals surface area contributed by atoms with E-state index in [1.165, 1.54) is 37.4 Å². The van der Waals surface area contributed by atoms with Crippen molar-refractivity contribution >= 4 is 23.2 Å². The number of carbonyl (C=O) groups excluding carboxylic acids is 1. The predicted octanol–water partition coefficient (Wildman–Crippen LogP) is 3.06. The second-order valence-corrected chi connectivity index (χ2v) is 5.21. The second-order valence-electron chi connectivity index (χ2n) is 4.77. The molecule has 2 rings (SSSR count). The van der Waals surface area contributed by atoms with Crippen LogP contribution in [0.3, 0.4) is 0 Å². The van der Waals surface area contributed by atoms with Crippen LogP contribution in [0.5, 0.6) is 5.75 Å². The monoisotopic (exact) mass is 345 g/mol. The quantitative estimate of drug-likeness (QED) is 0.662. The van der Waals surface area contributed by atoms with Gasteiger partial charge in [0.1, 0.15) is 5.75 Å². The van der Waals surface area contributed by atoms with Crippen molar-refractivity contribution in [2.24, 2.45) is 0 Å². The summed E-state index contributed by atoms with van der Waals surface area (Å²) in [4.78, 5) is 22.7. The topological polar surface area (TPSA) is 105 Å². The van der Waals surface area contributed by atoms with E-state index in [1.54, 1.807) is 6.07 Å². The second kappa shape index (κ2) is 7.44. The highest BCUT2D eigenvalue weighted by Crippen LogP contribution is 2.22. The molecule has 0 aliphatic carbocycles.